The molecule has 5 heteroatoms. The van der Waals surface area contributed by atoms with Gasteiger partial charge in [0.2, 0.25) is 5.91 Å². The summed E-state index contributed by atoms with van der Waals surface area (Å²) >= 11 is 1.68. The molecule has 1 aliphatic rings. The number of rotatable bonds is 4. The number of carbonyl (C=O) groups excluding carboxylic acids is 1. The Balaban J connectivity index is 1.70. The minimum atomic E-state index is -0.00369. The van der Waals surface area contributed by atoms with Gasteiger partial charge in [0.05, 0.1) is 12.5 Å². The van der Waals surface area contributed by atoms with Gasteiger partial charge in [0.25, 0.3) is 0 Å². The molecular formula is C17H23N3OS. The quantitative estimate of drug-likeness (QED) is 0.941. The minimum absolute atomic E-state index is 0.00369. The number of fused-ring (bicyclic) bond motifs is 1. The number of nitrogens with one attached hydrogen (secondary N) is 1. The Hall–Kier alpha value is -1.59. The van der Waals surface area contributed by atoms with E-state index in [2.05, 4.69) is 53.0 Å². The summed E-state index contributed by atoms with van der Waals surface area (Å²) in [4.78, 5) is 16.2. The Morgan fingerprint density at radius 3 is 2.95 bits per heavy atom. The van der Waals surface area contributed by atoms with Gasteiger partial charge < -0.3 is 9.88 Å². The van der Waals surface area contributed by atoms with Gasteiger partial charge >= 0.3 is 0 Å². The van der Waals surface area contributed by atoms with Gasteiger partial charge in [0, 0.05) is 42.4 Å². The first-order chi connectivity index (χ1) is 10.6. The molecule has 1 aliphatic heterocycles. The van der Waals surface area contributed by atoms with Crippen molar-refractivity contribution in [1.29, 1.82) is 0 Å². The average molecular weight is 317 g/mol. The van der Waals surface area contributed by atoms with Crippen LogP contribution in [0.5, 0.6) is 0 Å². The number of carbonyl (C=O) groups is 1. The second-order valence-corrected chi connectivity index (χ2v) is 7.20. The standard InChI is InChI=1S/C17H23N3OS/c1-13(2)20-11-14(10-19-7-3-5-15(19)12-20)17(21)18-9-16-6-4-8-22-16/h3-8,13-14H,9-12H2,1-2H3,(H,18,21). The van der Waals surface area contributed by atoms with Crippen LogP contribution in [0.3, 0.4) is 0 Å². The maximum atomic E-state index is 12.6. The molecule has 0 aliphatic carbocycles. The zero-order valence-corrected chi connectivity index (χ0v) is 14.0. The molecule has 22 heavy (non-hydrogen) atoms. The normalized spacial score (nSPS) is 19.0. The van der Waals surface area contributed by atoms with Gasteiger partial charge in [-0.2, -0.15) is 0 Å². The summed E-state index contributed by atoms with van der Waals surface area (Å²) in [6.07, 6.45) is 2.08. The highest BCUT2D eigenvalue weighted by atomic mass is 32.1. The Kier molecular flexibility index (Phi) is 4.64. The van der Waals surface area contributed by atoms with Crippen LogP contribution >= 0.6 is 11.3 Å². The number of aromatic nitrogens is 1. The summed E-state index contributed by atoms with van der Waals surface area (Å²) in [5.74, 6) is 0.150. The van der Waals surface area contributed by atoms with Crippen LogP contribution < -0.4 is 5.32 Å². The predicted octanol–water partition coefficient (Wildman–Crippen LogP) is 2.71. The summed E-state index contributed by atoms with van der Waals surface area (Å²) in [7, 11) is 0. The maximum Gasteiger partial charge on any atom is 0.226 e. The van der Waals surface area contributed by atoms with Gasteiger partial charge in [-0.3, -0.25) is 9.69 Å². The molecule has 0 radical (unpaired) electrons. The number of hydrogen-bond donors (Lipinski definition) is 1. The summed E-state index contributed by atoms with van der Waals surface area (Å²) in [5, 5.41) is 5.14. The van der Waals surface area contributed by atoms with Crippen molar-refractivity contribution >= 4 is 17.2 Å². The molecule has 1 unspecified atom stereocenters. The molecule has 0 fully saturated rings. The monoisotopic (exact) mass is 317 g/mol. The van der Waals surface area contributed by atoms with Crippen LogP contribution in [0.15, 0.2) is 35.8 Å². The molecular weight excluding hydrogens is 294 g/mol. The van der Waals surface area contributed by atoms with Crippen LogP contribution in [0, 0.1) is 5.92 Å². The highest BCUT2D eigenvalue weighted by molar-refractivity contribution is 7.09. The highest BCUT2D eigenvalue weighted by Crippen LogP contribution is 2.19. The second kappa shape index (κ2) is 6.67. The van der Waals surface area contributed by atoms with Gasteiger partial charge in [-0.25, -0.2) is 0 Å². The van der Waals surface area contributed by atoms with E-state index >= 15 is 0 Å². The van der Waals surface area contributed by atoms with Gasteiger partial charge in [0.1, 0.15) is 0 Å². The highest BCUT2D eigenvalue weighted by Gasteiger charge is 2.27. The van der Waals surface area contributed by atoms with Crippen molar-refractivity contribution in [2.24, 2.45) is 5.92 Å². The molecule has 1 N–H and O–H groups in total. The fraction of sp³-hybridized carbons (Fsp3) is 0.471. The summed E-state index contributed by atoms with van der Waals surface area (Å²) < 4.78 is 2.22. The van der Waals surface area contributed by atoms with Crippen molar-refractivity contribution in [3.05, 3.63) is 46.4 Å². The van der Waals surface area contributed by atoms with Crippen LogP contribution in [0.25, 0.3) is 0 Å². The van der Waals surface area contributed by atoms with E-state index in [-0.39, 0.29) is 11.8 Å². The van der Waals surface area contributed by atoms with Crippen LogP contribution in [0.2, 0.25) is 0 Å². The topological polar surface area (TPSA) is 37.3 Å². The molecule has 0 spiro atoms. The van der Waals surface area contributed by atoms with Gasteiger partial charge in [-0.15, -0.1) is 11.3 Å². The number of thiophene rings is 1. The zero-order chi connectivity index (χ0) is 15.5. The molecule has 1 amide bonds. The lowest BCUT2D eigenvalue weighted by Crippen LogP contribution is -2.40. The minimum Gasteiger partial charge on any atom is -0.351 e. The molecule has 3 rings (SSSR count). The van der Waals surface area contributed by atoms with E-state index in [0.717, 1.165) is 19.6 Å². The number of nitrogens with zero attached hydrogens (tertiary/aromatic N) is 2. The summed E-state index contributed by atoms with van der Waals surface area (Å²) in [5.41, 5.74) is 1.29. The molecule has 0 saturated heterocycles. The Bertz CT molecular complexity index is 618. The third-order valence-corrected chi connectivity index (χ3v) is 5.16. The lowest BCUT2D eigenvalue weighted by molar-refractivity contribution is -0.126. The van der Waals surface area contributed by atoms with Crippen molar-refractivity contribution in [3.8, 4) is 0 Å². The third kappa shape index (κ3) is 3.42. The lowest BCUT2D eigenvalue weighted by Gasteiger charge is -2.27. The molecule has 2 aromatic heterocycles. The lowest BCUT2D eigenvalue weighted by atomic mass is 10.1. The van der Waals surface area contributed by atoms with Crippen molar-refractivity contribution in [2.75, 3.05) is 6.54 Å². The van der Waals surface area contributed by atoms with Crippen molar-refractivity contribution in [2.45, 2.75) is 39.5 Å². The molecule has 4 nitrogen and oxygen atoms in total. The molecule has 2 aromatic rings. The number of hydrogen-bond acceptors (Lipinski definition) is 3. The predicted molar refractivity (Wildman–Crippen MR) is 89.6 cm³/mol. The van der Waals surface area contributed by atoms with Gasteiger partial charge in [-0.1, -0.05) is 6.07 Å². The molecule has 1 atom stereocenters. The fourth-order valence-corrected chi connectivity index (χ4v) is 3.56. The Morgan fingerprint density at radius 1 is 1.36 bits per heavy atom. The third-order valence-electron chi connectivity index (χ3n) is 4.28. The first kappa shape index (κ1) is 15.3. The van der Waals surface area contributed by atoms with Crippen molar-refractivity contribution in [3.63, 3.8) is 0 Å². The van der Waals surface area contributed by atoms with Crippen LogP contribution in [-0.2, 0) is 24.4 Å². The van der Waals surface area contributed by atoms with Gasteiger partial charge in [-0.05, 0) is 37.4 Å². The van der Waals surface area contributed by atoms with Gasteiger partial charge in [0.15, 0.2) is 0 Å². The Labute approximate surface area is 135 Å². The van der Waals surface area contributed by atoms with E-state index in [0.29, 0.717) is 12.6 Å². The molecule has 3 heterocycles. The maximum absolute atomic E-state index is 12.6. The van der Waals surface area contributed by atoms with Crippen LogP contribution in [-0.4, -0.2) is 28.0 Å². The van der Waals surface area contributed by atoms with E-state index < -0.39 is 0 Å². The van der Waals surface area contributed by atoms with E-state index in [4.69, 9.17) is 0 Å². The van der Waals surface area contributed by atoms with Crippen LogP contribution in [0.4, 0.5) is 0 Å². The molecule has 0 bridgehead atoms. The smallest absolute Gasteiger partial charge is 0.226 e. The largest absolute Gasteiger partial charge is 0.351 e. The van der Waals surface area contributed by atoms with E-state index in [1.165, 1.54) is 10.6 Å². The summed E-state index contributed by atoms with van der Waals surface area (Å²) in [6, 6.07) is 8.74. The van der Waals surface area contributed by atoms with Crippen molar-refractivity contribution < 1.29 is 4.79 Å². The Morgan fingerprint density at radius 2 is 2.23 bits per heavy atom. The van der Waals surface area contributed by atoms with E-state index in [9.17, 15) is 4.79 Å². The average Bonchev–Trinajstić information content (AvgIpc) is 3.12. The molecule has 0 aromatic carbocycles. The SMILES string of the molecule is CC(C)N1Cc2cccn2CC(C(=O)NCc2cccs2)C1. The van der Waals surface area contributed by atoms with Crippen LogP contribution in [0.1, 0.15) is 24.4 Å². The fourth-order valence-electron chi connectivity index (χ4n) is 2.91. The van der Waals surface area contributed by atoms with Crippen molar-refractivity contribution in [1.82, 2.24) is 14.8 Å². The first-order valence-electron chi connectivity index (χ1n) is 7.81. The second-order valence-electron chi connectivity index (χ2n) is 6.17. The molecule has 0 saturated carbocycles. The first-order valence-corrected chi connectivity index (χ1v) is 8.69. The zero-order valence-electron chi connectivity index (χ0n) is 13.2. The molecule has 118 valence electrons. The number of amides is 1. The summed E-state index contributed by atoms with van der Waals surface area (Å²) in [6.45, 7) is 7.52. The van der Waals surface area contributed by atoms with E-state index in [1.807, 2.05) is 11.4 Å². The van der Waals surface area contributed by atoms with E-state index in [1.54, 1.807) is 11.3 Å².